The Hall–Kier alpha value is -3.75. The molecule has 172 valence electrons. The SMILES string of the molecule is CC1C(CC(=O)N(C)C)CCCN1c1cnc(C(N)=O)c(Nc2ccc3ncccc3c2)n1. The van der Waals surface area contributed by atoms with Gasteiger partial charge in [-0.05, 0) is 49.9 Å². The molecule has 33 heavy (non-hydrogen) atoms. The molecule has 9 nitrogen and oxygen atoms in total. The summed E-state index contributed by atoms with van der Waals surface area (Å²) >= 11 is 0. The van der Waals surface area contributed by atoms with Gasteiger partial charge in [-0.3, -0.25) is 14.6 Å². The smallest absolute Gasteiger partial charge is 0.271 e. The summed E-state index contributed by atoms with van der Waals surface area (Å²) in [5.41, 5.74) is 7.28. The lowest BCUT2D eigenvalue weighted by Gasteiger charge is -2.40. The van der Waals surface area contributed by atoms with Crippen molar-refractivity contribution >= 4 is 40.0 Å². The first-order valence-corrected chi connectivity index (χ1v) is 11.1. The zero-order valence-electron chi connectivity index (χ0n) is 19.2. The number of hydrogen-bond donors (Lipinski definition) is 2. The van der Waals surface area contributed by atoms with E-state index < -0.39 is 5.91 Å². The summed E-state index contributed by atoms with van der Waals surface area (Å²) in [4.78, 5) is 41.5. The highest BCUT2D eigenvalue weighted by Crippen LogP contribution is 2.31. The summed E-state index contributed by atoms with van der Waals surface area (Å²) in [7, 11) is 3.56. The molecule has 3 heterocycles. The Balaban J connectivity index is 1.62. The predicted molar refractivity (Wildman–Crippen MR) is 128 cm³/mol. The molecular weight excluding hydrogens is 418 g/mol. The van der Waals surface area contributed by atoms with Gasteiger partial charge in [-0.15, -0.1) is 0 Å². The van der Waals surface area contributed by atoms with Crippen molar-refractivity contribution in [1.82, 2.24) is 19.9 Å². The monoisotopic (exact) mass is 447 g/mol. The van der Waals surface area contributed by atoms with E-state index in [1.165, 1.54) is 0 Å². The van der Waals surface area contributed by atoms with Crippen molar-refractivity contribution in [3.05, 3.63) is 48.4 Å². The van der Waals surface area contributed by atoms with Gasteiger partial charge in [-0.1, -0.05) is 6.07 Å². The minimum absolute atomic E-state index is 0.0778. The number of nitrogens with one attached hydrogen (secondary N) is 1. The number of anilines is 3. The van der Waals surface area contributed by atoms with Gasteiger partial charge in [0, 0.05) is 50.4 Å². The van der Waals surface area contributed by atoms with Crippen LogP contribution in [0.3, 0.4) is 0 Å². The van der Waals surface area contributed by atoms with E-state index in [1.807, 2.05) is 30.3 Å². The number of primary amides is 1. The topological polar surface area (TPSA) is 117 Å². The molecule has 1 aliphatic rings. The Bertz CT molecular complexity index is 1180. The van der Waals surface area contributed by atoms with Crippen LogP contribution in [0.15, 0.2) is 42.7 Å². The van der Waals surface area contributed by atoms with Crippen LogP contribution < -0.4 is 16.0 Å². The van der Waals surface area contributed by atoms with Gasteiger partial charge < -0.3 is 20.9 Å². The normalized spacial score (nSPS) is 18.2. The predicted octanol–water partition coefficient (Wildman–Crippen LogP) is 2.95. The second kappa shape index (κ2) is 9.40. The largest absolute Gasteiger partial charge is 0.364 e. The Labute approximate surface area is 193 Å². The molecule has 0 aliphatic carbocycles. The fraction of sp³-hybridized carbons (Fsp3) is 0.375. The number of pyridine rings is 1. The van der Waals surface area contributed by atoms with Gasteiger partial charge >= 0.3 is 0 Å². The maximum Gasteiger partial charge on any atom is 0.271 e. The minimum Gasteiger partial charge on any atom is -0.364 e. The molecule has 3 aromatic rings. The van der Waals surface area contributed by atoms with Crippen molar-refractivity contribution in [2.45, 2.75) is 32.2 Å². The Morgan fingerprint density at radius 2 is 2.06 bits per heavy atom. The van der Waals surface area contributed by atoms with Crippen LogP contribution in [0.4, 0.5) is 17.3 Å². The molecule has 1 saturated heterocycles. The fourth-order valence-electron chi connectivity index (χ4n) is 4.30. The molecule has 2 unspecified atom stereocenters. The zero-order valence-corrected chi connectivity index (χ0v) is 19.2. The summed E-state index contributed by atoms with van der Waals surface area (Å²) < 4.78 is 0. The number of fused-ring (bicyclic) bond motifs is 1. The lowest BCUT2D eigenvalue weighted by molar-refractivity contribution is -0.130. The van der Waals surface area contributed by atoms with Crippen LogP contribution in [0.1, 0.15) is 36.7 Å². The number of nitrogens with two attached hydrogens (primary N) is 1. The molecule has 2 amide bonds. The highest BCUT2D eigenvalue weighted by molar-refractivity contribution is 5.96. The van der Waals surface area contributed by atoms with Crippen molar-refractivity contribution in [3.63, 3.8) is 0 Å². The van der Waals surface area contributed by atoms with Gasteiger partial charge in [0.25, 0.3) is 5.91 Å². The number of carbonyl (C=O) groups excluding carboxylic acids is 2. The molecule has 1 fully saturated rings. The third-order valence-electron chi connectivity index (χ3n) is 6.24. The zero-order chi connectivity index (χ0) is 23.5. The summed E-state index contributed by atoms with van der Waals surface area (Å²) in [6, 6.07) is 9.66. The molecule has 0 spiro atoms. The summed E-state index contributed by atoms with van der Waals surface area (Å²) in [6.07, 6.45) is 5.76. The lowest BCUT2D eigenvalue weighted by atomic mass is 9.87. The van der Waals surface area contributed by atoms with Crippen molar-refractivity contribution in [3.8, 4) is 0 Å². The van der Waals surface area contributed by atoms with E-state index in [-0.39, 0.29) is 23.6 Å². The number of aromatic nitrogens is 3. The van der Waals surface area contributed by atoms with Crippen LogP contribution in [-0.2, 0) is 4.79 Å². The van der Waals surface area contributed by atoms with Crippen molar-refractivity contribution in [2.75, 3.05) is 30.9 Å². The minimum atomic E-state index is -0.653. The number of carbonyl (C=O) groups is 2. The Kier molecular flexibility index (Phi) is 6.39. The number of piperidine rings is 1. The van der Waals surface area contributed by atoms with E-state index in [1.54, 1.807) is 31.4 Å². The van der Waals surface area contributed by atoms with E-state index >= 15 is 0 Å². The number of rotatable bonds is 6. The van der Waals surface area contributed by atoms with Gasteiger partial charge in [-0.2, -0.15) is 0 Å². The van der Waals surface area contributed by atoms with E-state index in [9.17, 15) is 9.59 Å². The molecule has 1 aromatic carbocycles. The number of amides is 2. The molecule has 4 rings (SSSR count). The van der Waals surface area contributed by atoms with Crippen LogP contribution in [0.2, 0.25) is 0 Å². The van der Waals surface area contributed by atoms with Crippen LogP contribution in [0, 0.1) is 5.92 Å². The van der Waals surface area contributed by atoms with Crippen LogP contribution in [-0.4, -0.2) is 58.3 Å². The highest BCUT2D eigenvalue weighted by Gasteiger charge is 2.31. The van der Waals surface area contributed by atoms with Crippen molar-refractivity contribution in [1.29, 1.82) is 0 Å². The third kappa shape index (κ3) is 4.87. The summed E-state index contributed by atoms with van der Waals surface area (Å²) in [5, 5.41) is 4.17. The van der Waals surface area contributed by atoms with E-state index in [0.717, 1.165) is 36.0 Å². The molecule has 0 radical (unpaired) electrons. The van der Waals surface area contributed by atoms with Crippen molar-refractivity contribution in [2.24, 2.45) is 11.7 Å². The van der Waals surface area contributed by atoms with Crippen LogP contribution in [0.5, 0.6) is 0 Å². The number of benzene rings is 1. The van der Waals surface area contributed by atoms with E-state index in [0.29, 0.717) is 18.1 Å². The maximum absolute atomic E-state index is 12.3. The van der Waals surface area contributed by atoms with Gasteiger partial charge in [-0.25, -0.2) is 9.97 Å². The second-order valence-electron chi connectivity index (χ2n) is 8.65. The summed E-state index contributed by atoms with van der Waals surface area (Å²) in [6.45, 7) is 2.92. The Morgan fingerprint density at radius 3 is 2.82 bits per heavy atom. The molecule has 9 heteroatoms. The standard InChI is InChI=1S/C24H29N7O2/c1-15-16(13-21(32)30(2)3)7-5-11-31(15)20-14-27-22(23(25)33)24(29-20)28-18-8-9-19-17(12-18)6-4-10-26-19/h4,6,8-10,12,14-16H,5,7,11,13H2,1-3H3,(H2,25,33)(H,28,29). The maximum atomic E-state index is 12.3. The molecule has 3 N–H and O–H groups in total. The quantitative estimate of drug-likeness (QED) is 0.596. The van der Waals surface area contributed by atoms with Crippen molar-refractivity contribution < 1.29 is 9.59 Å². The van der Waals surface area contributed by atoms with Gasteiger partial charge in [0.05, 0.1) is 11.7 Å². The first-order chi connectivity index (χ1) is 15.8. The first-order valence-electron chi connectivity index (χ1n) is 11.1. The van der Waals surface area contributed by atoms with Crippen LogP contribution in [0.25, 0.3) is 10.9 Å². The average molecular weight is 448 g/mol. The first kappa shape index (κ1) is 22.4. The van der Waals surface area contributed by atoms with Crippen LogP contribution >= 0.6 is 0 Å². The average Bonchev–Trinajstić information content (AvgIpc) is 2.80. The molecule has 1 aliphatic heterocycles. The number of nitrogens with zero attached hydrogens (tertiary/aromatic N) is 5. The van der Waals surface area contributed by atoms with E-state index in [2.05, 4.69) is 27.1 Å². The van der Waals surface area contributed by atoms with Gasteiger partial charge in [0.1, 0.15) is 5.82 Å². The van der Waals surface area contributed by atoms with Gasteiger partial charge in [0.15, 0.2) is 11.5 Å². The van der Waals surface area contributed by atoms with Gasteiger partial charge in [0.2, 0.25) is 5.91 Å². The summed E-state index contributed by atoms with van der Waals surface area (Å²) in [5.74, 6) is 0.647. The molecule has 0 bridgehead atoms. The third-order valence-corrected chi connectivity index (χ3v) is 6.24. The fourth-order valence-corrected chi connectivity index (χ4v) is 4.30. The molecule has 2 atom stereocenters. The molecule has 0 saturated carbocycles. The second-order valence-corrected chi connectivity index (χ2v) is 8.65. The molecular formula is C24H29N7O2. The number of hydrogen-bond acceptors (Lipinski definition) is 7. The van der Waals surface area contributed by atoms with E-state index in [4.69, 9.17) is 10.7 Å². The lowest BCUT2D eigenvalue weighted by Crippen LogP contribution is -2.45. The Morgan fingerprint density at radius 1 is 1.24 bits per heavy atom. The highest BCUT2D eigenvalue weighted by atomic mass is 16.2. The molecule has 2 aromatic heterocycles.